The topological polar surface area (TPSA) is 89.3 Å². The Bertz CT molecular complexity index is 600. The van der Waals surface area contributed by atoms with Gasteiger partial charge in [-0.2, -0.15) is 5.10 Å². The molecule has 7 heteroatoms. The van der Waals surface area contributed by atoms with Crippen molar-refractivity contribution in [3.05, 3.63) is 18.0 Å². The lowest BCUT2D eigenvalue weighted by molar-refractivity contribution is -0.137. The standard InChI is InChI=1S/C14H22N2O4S/c1-10(2)13(14(17)18)21(19,20)9-11-7-8-16(15-11)12-5-3-4-6-12/h7-8,10,12-13H,3-6,9H2,1-2H3,(H,17,18). The van der Waals surface area contributed by atoms with Gasteiger partial charge >= 0.3 is 5.97 Å². The number of nitrogens with zero attached hydrogens (tertiary/aromatic N) is 2. The van der Waals surface area contributed by atoms with Gasteiger partial charge in [0.1, 0.15) is 0 Å². The fourth-order valence-electron chi connectivity index (χ4n) is 2.98. The Kier molecular flexibility index (Phi) is 4.70. The Morgan fingerprint density at radius 3 is 2.57 bits per heavy atom. The van der Waals surface area contributed by atoms with Gasteiger partial charge in [-0.3, -0.25) is 9.48 Å². The molecule has 1 fully saturated rings. The summed E-state index contributed by atoms with van der Waals surface area (Å²) in [6, 6.07) is 2.02. The quantitative estimate of drug-likeness (QED) is 0.867. The first-order chi connectivity index (χ1) is 9.81. The van der Waals surface area contributed by atoms with Crippen LogP contribution in [0.4, 0.5) is 0 Å². The summed E-state index contributed by atoms with van der Waals surface area (Å²) in [5.74, 6) is -2.08. The molecule has 1 atom stereocenters. The number of carbonyl (C=O) groups is 1. The lowest BCUT2D eigenvalue weighted by atomic mass is 10.1. The highest BCUT2D eigenvalue weighted by Crippen LogP contribution is 2.29. The average molecular weight is 314 g/mol. The van der Waals surface area contributed by atoms with E-state index in [1.54, 1.807) is 26.1 Å². The van der Waals surface area contributed by atoms with Crippen molar-refractivity contribution in [2.75, 3.05) is 0 Å². The zero-order chi connectivity index (χ0) is 15.6. The number of rotatable bonds is 6. The lowest BCUT2D eigenvalue weighted by Crippen LogP contribution is -2.35. The van der Waals surface area contributed by atoms with Crippen molar-refractivity contribution in [1.82, 2.24) is 9.78 Å². The van der Waals surface area contributed by atoms with Gasteiger partial charge in [-0.1, -0.05) is 26.7 Å². The zero-order valence-electron chi connectivity index (χ0n) is 12.4. The molecule has 1 heterocycles. The Hall–Kier alpha value is -1.37. The van der Waals surface area contributed by atoms with Crippen molar-refractivity contribution < 1.29 is 18.3 Å². The zero-order valence-corrected chi connectivity index (χ0v) is 13.2. The summed E-state index contributed by atoms with van der Waals surface area (Å²) < 4.78 is 26.4. The van der Waals surface area contributed by atoms with Crippen molar-refractivity contribution in [2.24, 2.45) is 5.92 Å². The van der Waals surface area contributed by atoms with Crippen LogP contribution < -0.4 is 0 Å². The molecule has 21 heavy (non-hydrogen) atoms. The number of hydrogen-bond donors (Lipinski definition) is 1. The molecule has 1 unspecified atom stereocenters. The van der Waals surface area contributed by atoms with E-state index >= 15 is 0 Å². The molecule has 1 aromatic rings. The predicted octanol–water partition coefficient (Wildman–Crippen LogP) is 2.02. The Morgan fingerprint density at radius 2 is 2.05 bits per heavy atom. The normalized spacial score (nSPS) is 18.2. The van der Waals surface area contributed by atoms with Crippen LogP contribution >= 0.6 is 0 Å². The van der Waals surface area contributed by atoms with Crippen LogP contribution in [0.15, 0.2) is 12.3 Å². The Morgan fingerprint density at radius 1 is 1.43 bits per heavy atom. The van der Waals surface area contributed by atoms with Gasteiger partial charge in [-0.15, -0.1) is 0 Å². The first-order valence-corrected chi connectivity index (χ1v) is 9.01. The maximum atomic E-state index is 12.3. The fraction of sp³-hybridized carbons (Fsp3) is 0.714. The molecule has 1 saturated carbocycles. The minimum Gasteiger partial charge on any atom is -0.480 e. The van der Waals surface area contributed by atoms with E-state index in [0.717, 1.165) is 12.8 Å². The van der Waals surface area contributed by atoms with Crippen LogP contribution in [-0.4, -0.2) is 34.5 Å². The SMILES string of the molecule is CC(C)C(C(=O)O)S(=O)(=O)Cc1ccn(C2CCCC2)n1. The summed E-state index contributed by atoms with van der Waals surface area (Å²) in [6.07, 6.45) is 6.28. The maximum Gasteiger partial charge on any atom is 0.322 e. The van der Waals surface area contributed by atoms with Gasteiger partial charge < -0.3 is 5.11 Å². The Balaban J connectivity index is 2.14. The minimum atomic E-state index is -3.76. The van der Waals surface area contributed by atoms with Crippen molar-refractivity contribution in [3.8, 4) is 0 Å². The summed E-state index contributed by atoms with van der Waals surface area (Å²) in [5, 5.41) is 12.1. The van der Waals surface area contributed by atoms with Crippen molar-refractivity contribution in [2.45, 2.75) is 56.6 Å². The number of aliphatic carboxylic acids is 1. The van der Waals surface area contributed by atoms with Crippen LogP contribution in [0.5, 0.6) is 0 Å². The molecule has 1 N–H and O–H groups in total. The van der Waals surface area contributed by atoms with E-state index in [4.69, 9.17) is 5.11 Å². The van der Waals surface area contributed by atoms with Gasteiger partial charge in [0.05, 0.1) is 17.5 Å². The van der Waals surface area contributed by atoms with Crippen LogP contribution in [0.25, 0.3) is 0 Å². The predicted molar refractivity (Wildman–Crippen MR) is 78.6 cm³/mol. The van der Waals surface area contributed by atoms with E-state index in [2.05, 4.69) is 5.10 Å². The minimum absolute atomic E-state index is 0.318. The van der Waals surface area contributed by atoms with Crippen molar-refractivity contribution in [3.63, 3.8) is 0 Å². The maximum absolute atomic E-state index is 12.3. The van der Waals surface area contributed by atoms with Gasteiger partial charge in [-0.25, -0.2) is 8.42 Å². The number of carboxylic acid groups (broad SMARTS) is 1. The summed E-state index contributed by atoms with van der Waals surface area (Å²) in [7, 11) is -3.76. The molecular formula is C14H22N2O4S. The number of aromatic nitrogens is 2. The summed E-state index contributed by atoms with van der Waals surface area (Å²) in [6.45, 7) is 3.21. The smallest absolute Gasteiger partial charge is 0.322 e. The van der Waals surface area contributed by atoms with E-state index < -0.39 is 27.0 Å². The third-order valence-corrected chi connectivity index (χ3v) is 6.17. The highest BCUT2D eigenvalue weighted by Gasteiger charge is 2.35. The third-order valence-electron chi connectivity index (χ3n) is 3.95. The molecule has 6 nitrogen and oxygen atoms in total. The molecule has 2 rings (SSSR count). The van der Waals surface area contributed by atoms with E-state index in [-0.39, 0.29) is 5.75 Å². The second-order valence-electron chi connectivity index (χ2n) is 6.04. The van der Waals surface area contributed by atoms with E-state index in [9.17, 15) is 13.2 Å². The van der Waals surface area contributed by atoms with Crippen LogP contribution in [0.1, 0.15) is 51.3 Å². The van der Waals surface area contributed by atoms with Crippen LogP contribution in [0, 0.1) is 5.92 Å². The molecule has 0 aromatic carbocycles. The molecule has 0 aliphatic heterocycles. The number of carboxylic acids is 1. The van der Waals surface area contributed by atoms with Gasteiger partial charge in [0.25, 0.3) is 0 Å². The number of hydrogen-bond acceptors (Lipinski definition) is 4. The highest BCUT2D eigenvalue weighted by molar-refractivity contribution is 7.92. The van der Waals surface area contributed by atoms with Crippen LogP contribution in [0.3, 0.4) is 0 Å². The van der Waals surface area contributed by atoms with E-state index in [1.165, 1.54) is 12.8 Å². The third kappa shape index (κ3) is 3.64. The van der Waals surface area contributed by atoms with Crippen molar-refractivity contribution >= 4 is 15.8 Å². The monoisotopic (exact) mass is 314 g/mol. The molecule has 1 aliphatic carbocycles. The number of sulfone groups is 1. The van der Waals surface area contributed by atoms with E-state index in [1.807, 2.05) is 4.68 Å². The summed E-state index contributed by atoms with van der Waals surface area (Å²) in [5.41, 5.74) is 0.425. The first kappa shape index (κ1) is 16.0. The van der Waals surface area contributed by atoms with Gasteiger partial charge in [-0.05, 0) is 24.8 Å². The second-order valence-corrected chi connectivity index (χ2v) is 8.16. The lowest BCUT2D eigenvalue weighted by Gasteiger charge is -2.16. The molecule has 118 valence electrons. The molecule has 1 aromatic heterocycles. The van der Waals surface area contributed by atoms with Gasteiger partial charge in [0.2, 0.25) is 0 Å². The van der Waals surface area contributed by atoms with Crippen LogP contribution in [-0.2, 0) is 20.4 Å². The second kappa shape index (κ2) is 6.17. The molecule has 0 spiro atoms. The average Bonchev–Trinajstić information content (AvgIpc) is 2.95. The first-order valence-electron chi connectivity index (χ1n) is 7.29. The van der Waals surface area contributed by atoms with Gasteiger partial charge in [0.15, 0.2) is 15.1 Å². The fourth-order valence-corrected chi connectivity index (χ4v) is 4.86. The Labute approximate surface area is 125 Å². The molecular weight excluding hydrogens is 292 g/mol. The molecule has 0 bridgehead atoms. The summed E-state index contributed by atoms with van der Waals surface area (Å²) in [4.78, 5) is 11.2. The van der Waals surface area contributed by atoms with Crippen molar-refractivity contribution in [1.29, 1.82) is 0 Å². The molecule has 1 aliphatic rings. The molecule has 0 saturated heterocycles. The van der Waals surface area contributed by atoms with Crippen LogP contribution in [0.2, 0.25) is 0 Å². The molecule has 0 amide bonds. The largest absolute Gasteiger partial charge is 0.480 e. The molecule has 0 radical (unpaired) electrons. The highest BCUT2D eigenvalue weighted by atomic mass is 32.2. The van der Waals surface area contributed by atoms with Gasteiger partial charge in [0, 0.05) is 6.20 Å². The van der Waals surface area contributed by atoms with E-state index in [0.29, 0.717) is 11.7 Å². The summed E-state index contributed by atoms with van der Waals surface area (Å²) >= 11 is 0.